The van der Waals surface area contributed by atoms with Crippen molar-refractivity contribution in [1.29, 1.82) is 0 Å². The molecule has 3 nitrogen and oxygen atoms in total. The van der Waals surface area contributed by atoms with Gasteiger partial charge in [-0.05, 0) is 30.2 Å². The third kappa shape index (κ3) is 6.90. The second kappa shape index (κ2) is 10.2. The van der Waals surface area contributed by atoms with Crippen molar-refractivity contribution in [2.45, 2.75) is 40.2 Å². The molecule has 0 saturated carbocycles. The van der Waals surface area contributed by atoms with Crippen LogP contribution in [0.25, 0.3) is 0 Å². The van der Waals surface area contributed by atoms with Crippen molar-refractivity contribution in [3.63, 3.8) is 0 Å². The minimum atomic E-state index is -0.709. The van der Waals surface area contributed by atoms with E-state index in [4.69, 9.17) is 9.84 Å². The van der Waals surface area contributed by atoms with Crippen LogP contribution in [0.4, 0.5) is 0 Å². The molecule has 0 heterocycles. The number of carboxylic acid groups (broad SMARTS) is 1. The summed E-state index contributed by atoms with van der Waals surface area (Å²) >= 11 is 0. The fourth-order valence-corrected chi connectivity index (χ4v) is 2.45. The Hall–Kier alpha value is -1.61. The van der Waals surface area contributed by atoms with Crippen LogP contribution in [0.15, 0.2) is 42.5 Å². The minimum Gasteiger partial charge on any atom is -0.481 e. The van der Waals surface area contributed by atoms with Crippen LogP contribution in [0.5, 0.6) is 0 Å². The lowest BCUT2D eigenvalue weighted by Gasteiger charge is -2.15. The zero-order valence-electron chi connectivity index (χ0n) is 13.9. The summed E-state index contributed by atoms with van der Waals surface area (Å²) in [5.41, 5.74) is 1.19. The van der Waals surface area contributed by atoms with Crippen LogP contribution < -0.4 is 0 Å². The van der Waals surface area contributed by atoms with Crippen molar-refractivity contribution in [3.8, 4) is 0 Å². The summed E-state index contributed by atoms with van der Waals surface area (Å²) in [5, 5.41) is 9.12. The maximum Gasteiger partial charge on any atom is 0.307 e. The van der Waals surface area contributed by atoms with Gasteiger partial charge in [0.15, 0.2) is 0 Å². The quantitative estimate of drug-likeness (QED) is 0.646. The van der Waals surface area contributed by atoms with Gasteiger partial charge in [0.1, 0.15) is 0 Å². The van der Waals surface area contributed by atoms with Crippen molar-refractivity contribution in [2.24, 2.45) is 17.8 Å². The molecule has 1 rings (SSSR count). The van der Waals surface area contributed by atoms with E-state index in [9.17, 15) is 4.79 Å². The molecule has 1 aromatic rings. The first-order valence-corrected chi connectivity index (χ1v) is 8.05. The molecule has 0 bridgehead atoms. The Morgan fingerprint density at radius 1 is 1.27 bits per heavy atom. The standard InChI is InChI=1S/C19H28O3/c1-4-18(19(20)21)16(3)10-8-9-15(2)13-22-14-17-11-6-5-7-12-17/h5-8,10-12,15-16,18H,4,9,13-14H2,1-3H3,(H,20,21). The molecule has 0 radical (unpaired) electrons. The van der Waals surface area contributed by atoms with Gasteiger partial charge in [0, 0.05) is 6.61 Å². The van der Waals surface area contributed by atoms with Crippen molar-refractivity contribution in [1.82, 2.24) is 0 Å². The number of hydrogen-bond acceptors (Lipinski definition) is 2. The molecule has 3 heteroatoms. The van der Waals surface area contributed by atoms with E-state index < -0.39 is 5.97 Å². The lowest BCUT2D eigenvalue weighted by atomic mass is 9.91. The van der Waals surface area contributed by atoms with Crippen LogP contribution in [0.2, 0.25) is 0 Å². The summed E-state index contributed by atoms with van der Waals surface area (Å²) in [5.74, 6) is -0.503. The highest BCUT2D eigenvalue weighted by atomic mass is 16.5. The van der Waals surface area contributed by atoms with Crippen LogP contribution in [0, 0.1) is 17.8 Å². The molecule has 1 N–H and O–H groups in total. The monoisotopic (exact) mass is 304 g/mol. The number of allylic oxidation sites excluding steroid dienone is 2. The van der Waals surface area contributed by atoms with Crippen molar-refractivity contribution < 1.29 is 14.6 Å². The molecule has 0 spiro atoms. The summed E-state index contributed by atoms with van der Waals surface area (Å²) in [6.07, 6.45) is 5.69. The number of ether oxygens (including phenoxy) is 1. The first-order chi connectivity index (χ1) is 10.5. The largest absolute Gasteiger partial charge is 0.481 e. The Kier molecular flexibility index (Phi) is 8.53. The van der Waals surface area contributed by atoms with E-state index in [0.717, 1.165) is 6.42 Å². The average molecular weight is 304 g/mol. The average Bonchev–Trinajstić information content (AvgIpc) is 2.48. The normalized spacial score (nSPS) is 15.6. The van der Waals surface area contributed by atoms with E-state index in [-0.39, 0.29) is 11.8 Å². The van der Waals surface area contributed by atoms with Gasteiger partial charge in [0.05, 0.1) is 12.5 Å². The predicted molar refractivity (Wildman–Crippen MR) is 89.6 cm³/mol. The van der Waals surface area contributed by atoms with Crippen LogP contribution in [-0.2, 0) is 16.1 Å². The highest BCUT2D eigenvalue weighted by molar-refractivity contribution is 5.70. The molecule has 0 aliphatic carbocycles. The van der Waals surface area contributed by atoms with E-state index in [0.29, 0.717) is 25.6 Å². The van der Waals surface area contributed by atoms with Crippen LogP contribution in [-0.4, -0.2) is 17.7 Å². The number of aliphatic carboxylic acids is 1. The number of carbonyl (C=O) groups is 1. The molecule has 1 aromatic carbocycles. The van der Waals surface area contributed by atoms with Gasteiger partial charge in [-0.25, -0.2) is 0 Å². The van der Waals surface area contributed by atoms with Crippen molar-refractivity contribution >= 4 is 5.97 Å². The van der Waals surface area contributed by atoms with E-state index in [1.807, 2.05) is 38.1 Å². The first-order valence-electron chi connectivity index (χ1n) is 8.05. The van der Waals surface area contributed by atoms with Gasteiger partial charge in [-0.3, -0.25) is 4.79 Å². The van der Waals surface area contributed by atoms with Crippen LogP contribution in [0.1, 0.15) is 39.2 Å². The highest BCUT2D eigenvalue weighted by Crippen LogP contribution is 2.18. The zero-order valence-corrected chi connectivity index (χ0v) is 13.9. The number of benzene rings is 1. The van der Waals surface area contributed by atoms with Gasteiger partial charge < -0.3 is 9.84 Å². The molecule has 0 amide bonds. The molecule has 122 valence electrons. The Morgan fingerprint density at radius 2 is 1.95 bits per heavy atom. The second-order valence-corrected chi connectivity index (χ2v) is 5.98. The predicted octanol–water partition coefficient (Wildman–Crippen LogP) is 4.53. The lowest BCUT2D eigenvalue weighted by Crippen LogP contribution is -2.19. The summed E-state index contributed by atoms with van der Waals surface area (Å²) in [7, 11) is 0. The summed E-state index contributed by atoms with van der Waals surface area (Å²) in [4.78, 5) is 11.1. The van der Waals surface area contributed by atoms with E-state index in [2.05, 4.69) is 25.1 Å². The smallest absolute Gasteiger partial charge is 0.307 e. The maximum atomic E-state index is 11.1. The molecule has 3 atom stereocenters. The molecule has 0 aromatic heterocycles. The number of carboxylic acids is 1. The number of hydrogen-bond donors (Lipinski definition) is 1. The molecule has 0 aliphatic rings. The van der Waals surface area contributed by atoms with Crippen LogP contribution in [0.3, 0.4) is 0 Å². The van der Waals surface area contributed by atoms with Gasteiger partial charge in [-0.2, -0.15) is 0 Å². The Labute approximate surface area is 134 Å². The summed E-state index contributed by atoms with van der Waals surface area (Å²) < 4.78 is 5.72. The van der Waals surface area contributed by atoms with Gasteiger partial charge in [-0.1, -0.05) is 63.3 Å². The lowest BCUT2D eigenvalue weighted by molar-refractivity contribution is -0.142. The van der Waals surface area contributed by atoms with Gasteiger partial charge in [-0.15, -0.1) is 0 Å². The van der Waals surface area contributed by atoms with Gasteiger partial charge >= 0.3 is 5.97 Å². The molecular formula is C19H28O3. The second-order valence-electron chi connectivity index (χ2n) is 5.98. The maximum absolute atomic E-state index is 11.1. The fraction of sp³-hybridized carbons (Fsp3) is 0.526. The molecule has 22 heavy (non-hydrogen) atoms. The Bertz CT molecular complexity index is 453. The van der Waals surface area contributed by atoms with Crippen molar-refractivity contribution in [2.75, 3.05) is 6.61 Å². The SMILES string of the molecule is CCC(C(=O)O)C(C)C=CCC(C)COCc1ccccc1. The fourth-order valence-electron chi connectivity index (χ4n) is 2.45. The molecular weight excluding hydrogens is 276 g/mol. The van der Waals surface area contributed by atoms with E-state index in [1.165, 1.54) is 5.56 Å². The van der Waals surface area contributed by atoms with Gasteiger partial charge in [0.2, 0.25) is 0 Å². The molecule has 0 saturated heterocycles. The first kappa shape index (κ1) is 18.4. The molecule has 0 aliphatic heterocycles. The Morgan fingerprint density at radius 3 is 2.55 bits per heavy atom. The van der Waals surface area contributed by atoms with Crippen molar-refractivity contribution in [3.05, 3.63) is 48.0 Å². The molecule has 0 fully saturated rings. The van der Waals surface area contributed by atoms with E-state index in [1.54, 1.807) is 0 Å². The summed E-state index contributed by atoms with van der Waals surface area (Å²) in [6.45, 7) is 7.39. The van der Waals surface area contributed by atoms with E-state index >= 15 is 0 Å². The topological polar surface area (TPSA) is 46.5 Å². The number of rotatable bonds is 10. The highest BCUT2D eigenvalue weighted by Gasteiger charge is 2.20. The van der Waals surface area contributed by atoms with Gasteiger partial charge in [0.25, 0.3) is 0 Å². The third-order valence-electron chi connectivity index (χ3n) is 3.88. The minimum absolute atomic E-state index is 0.0694. The third-order valence-corrected chi connectivity index (χ3v) is 3.88. The zero-order chi connectivity index (χ0) is 16.4. The molecule has 3 unspecified atom stereocenters. The summed E-state index contributed by atoms with van der Waals surface area (Å²) in [6, 6.07) is 10.1. The Balaban J connectivity index is 2.26. The van der Waals surface area contributed by atoms with Crippen LogP contribution >= 0.6 is 0 Å².